The lowest BCUT2D eigenvalue weighted by atomic mass is 10.1. The Balaban J connectivity index is 1.85. The Morgan fingerprint density at radius 3 is 2.31 bits per heavy atom. The third-order valence-electron chi connectivity index (χ3n) is 5.15. The molecular formula is C21H25N3O4S. The third kappa shape index (κ3) is 4.65. The van der Waals surface area contributed by atoms with Gasteiger partial charge in [-0.05, 0) is 55.7 Å². The minimum atomic E-state index is -3.65. The number of rotatable bonds is 5. The van der Waals surface area contributed by atoms with Gasteiger partial charge in [0, 0.05) is 29.9 Å². The predicted octanol–water partition coefficient (Wildman–Crippen LogP) is 2.91. The van der Waals surface area contributed by atoms with Gasteiger partial charge in [0.25, 0.3) is 5.91 Å². The van der Waals surface area contributed by atoms with E-state index in [4.69, 9.17) is 5.73 Å². The fourth-order valence-corrected chi connectivity index (χ4v) is 5.02. The van der Waals surface area contributed by atoms with Crippen LogP contribution in [0.4, 0.5) is 5.69 Å². The molecule has 29 heavy (non-hydrogen) atoms. The van der Waals surface area contributed by atoms with Crippen LogP contribution in [0.5, 0.6) is 0 Å². The average molecular weight is 416 g/mol. The molecule has 3 N–H and O–H groups in total. The van der Waals surface area contributed by atoms with Crippen molar-refractivity contribution < 1.29 is 18.0 Å². The van der Waals surface area contributed by atoms with Crippen LogP contribution in [0.3, 0.4) is 0 Å². The van der Waals surface area contributed by atoms with E-state index in [9.17, 15) is 18.0 Å². The molecule has 0 aromatic heterocycles. The molecule has 0 saturated carbocycles. The number of carbonyl (C=O) groups is 2. The first-order chi connectivity index (χ1) is 13.8. The maximum Gasteiger partial charge on any atom is 0.255 e. The highest BCUT2D eigenvalue weighted by Gasteiger charge is 2.26. The number of nitrogens with zero attached hydrogens (tertiary/aromatic N) is 1. The van der Waals surface area contributed by atoms with E-state index in [0.717, 1.165) is 25.7 Å². The van der Waals surface area contributed by atoms with Gasteiger partial charge in [0.1, 0.15) is 0 Å². The summed E-state index contributed by atoms with van der Waals surface area (Å²) in [6, 6.07) is 10.9. The van der Waals surface area contributed by atoms with Gasteiger partial charge in [0.05, 0.1) is 4.90 Å². The first kappa shape index (κ1) is 21.0. The van der Waals surface area contributed by atoms with Crippen molar-refractivity contribution in [1.29, 1.82) is 0 Å². The molecule has 0 bridgehead atoms. The number of amides is 2. The van der Waals surface area contributed by atoms with E-state index in [2.05, 4.69) is 5.32 Å². The summed E-state index contributed by atoms with van der Waals surface area (Å²) < 4.78 is 27.5. The Hall–Kier alpha value is -2.71. The Morgan fingerprint density at radius 2 is 1.66 bits per heavy atom. The number of benzene rings is 2. The number of sulfonamides is 1. The van der Waals surface area contributed by atoms with Crippen molar-refractivity contribution in [3.8, 4) is 0 Å². The fraction of sp³-hybridized carbons (Fsp3) is 0.333. The van der Waals surface area contributed by atoms with E-state index in [0.29, 0.717) is 29.9 Å². The molecule has 1 fully saturated rings. The summed E-state index contributed by atoms with van der Waals surface area (Å²) in [5.74, 6) is -1.04. The Labute approximate surface area is 171 Å². The number of hydrogen-bond donors (Lipinski definition) is 2. The first-order valence-corrected chi connectivity index (χ1v) is 11.1. The van der Waals surface area contributed by atoms with Crippen LogP contribution in [0.1, 0.15) is 52.0 Å². The van der Waals surface area contributed by atoms with E-state index in [1.807, 2.05) is 0 Å². The second kappa shape index (κ2) is 8.75. The molecule has 0 unspecified atom stereocenters. The van der Waals surface area contributed by atoms with Crippen LogP contribution < -0.4 is 11.1 Å². The highest BCUT2D eigenvalue weighted by atomic mass is 32.2. The summed E-state index contributed by atoms with van der Waals surface area (Å²) >= 11 is 0. The summed E-state index contributed by atoms with van der Waals surface area (Å²) in [7, 11) is -3.65. The molecule has 3 rings (SSSR count). The maximum atomic E-state index is 13.0. The van der Waals surface area contributed by atoms with E-state index in [1.54, 1.807) is 37.3 Å². The largest absolute Gasteiger partial charge is 0.366 e. The number of nitrogens with one attached hydrogen (secondary N) is 1. The van der Waals surface area contributed by atoms with Crippen LogP contribution in [-0.4, -0.2) is 37.6 Å². The fourth-order valence-electron chi connectivity index (χ4n) is 3.46. The highest BCUT2D eigenvalue weighted by molar-refractivity contribution is 7.89. The molecule has 1 aliphatic heterocycles. The quantitative estimate of drug-likeness (QED) is 0.782. The van der Waals surface area contributed by atoms with Crippen molar-refractivity contribution >= 4 is 27.5 Å². The normalized spacial score (nSPS) is 15.5. The molecule has 2 amide bonds. The van der Waals surface area contributed by atoms with E-state index in [1.165, 1.54) is 16.4 Å². The van der Waals surface area contributed by atoms with Crippen molar-refractivity contribution in [2.24, 2.45) is 5.73 Å². The highest BCUT2D eigenvalue weighted by Crippen LogP contribution is 2.23. The number of primary amides is 1. The van der Waals surface area contributed by atoms with Crippen molar-refractivity contribution in [2.45, 2.75) is 37.5 Å². The number of nitrogens with two attached hydrogens (primary N) is 1. The van der Waals surface area contributed by atoms with Crippen LogP contribution in [0.25, 0.3) is 0 Å². The molecule has 1 saturated heterocycles. The van der Waals surface area contributed by atoms with Crippen molar-refractivity contribution in [1.82, 2.24) is 4.31 Å². The first-order valence-electron chi connectivity index (χ1n) is 9.61. The van der Waals surface area contributed by atoms with Crippen molar-refractivity contribution in [2.75, 3.05) is 18.4 Å². The minimum Gasteiger partial charge on any atom is -0.366 e. The van der Waals surface area contributed by atoms with Gasteiger partial charge in [0.15, 0.2) is 0 Å². The summed E-state index contributed by atoms with van der Waals surface area (Å²) in [5.41, 5.74) is 6.91. The second-order valence-electron chi connectivity index (χ2n) is 7.14. The monoisotopic (exact) mass is 415 g/mol. The molecule has 2 aromatic carbocycles. The molecule has 1 aliphatic rings. The SMILES string of the molecule is Cc1c(NC(=O)c2cccc(S(=O)(=O)N3CCCCCC3)c2)cccc1C(N)=O. The van der Waals surface area contributed by atoms with Gasteiger partial charge in [-0.3, -0.25) is 9.59 Å². The molecule has 8 heteroatoms. The summed E-state index contributed by atoms with van der Waals surface area (Å²) in [6.07, 6.45) is 3.74. The Kier molecular flexibility index (Phi) is 6.34. The van der Waals surface area contributed by atoms with E-state index < -0.39 is 21.8 Å². The summed E-state index contributed by atoms with van der Waals surface area (Å²) in [4.78, 5) is 24.3. The van der Waals surface area contributed by atoms with Crippen LogP contribution >= 0.6 is 0 Å². The maximum absolute atomic E-state index is 13.0. The molecule has 1 heterocycles. The lowest BCUT2D eigenvalue weighted by Gasteiger charge is -2.20. The van der Waals surface area contributed by atoms with Gasteiger partial charge in [-0.1, -0.05) is 25.0 Å². The smallest absolute Gasteiger partial charge is 0.255 e. The summed E-state index contributed by atoms with van der Waals surface area (Å²) in [5, 5.41) is 2.73. The van der Waals surface area contributed by atoms with Crippen LogP contribution in [0, 0.1) is 6.92 Å². The second-order valence-corrected chi connectivity index (χ2v) is 9.08. The molecular weight excluding hydrogens is 390 g/mol. The van der Waals surface area contributed by atoms with Gasteiger partial charge in [-0.15, -0.1) is 0 Å². The Bertz CT molecular complexity index is 1030. The van der Waals surface area contributed by atoms with Crippen molar-refractivity contribution in [3.63, 3.8) is 0 Å². The lowest BCUT2D eigenvalue weighted by molar-refractivity contribution is 0.0995. The van der Waals surface area contributed by atoms with Gasteiger partial charge in [0.2, 0.25) is 15.9 Å². The van der Waals surface area contributed by atoms with Gasteiger partial charge in [-0.25, -0.2) is 8.42 Å². The number of anilines is 1. The zero-order valence-electron chi connectivity index (χ0n) is 16.3. The van der Waals surface area contributed by atoms with E-state index >= 15 is 0 Å². The molecule has 154 valence electrons. The van der Waals surface area contributed by atoms with Gasteiger partial charge in [-0.2, -0.15) is 4.31 Å². The zero-order valence-corrected chi connectivity index (χ0v) is 17.2. The van der Waals surface area contributed by atoms with Crippen LogP contribution in [0.15, 0.2) is 47.4 Å². The molecule has 0 aliphatic carbocycles. The van der Waals surface area contributed by atoms with Crippen LogP contribution in [-0.2, 0) is 10.0 Å². The van der Waals surface area contributed by atoms with Gasteiger partial charge < -0.3 is 11.1 Å². The molecule has 0 atom stereocenters. The predicted molar refractivity (Wildman–Crippen MR) is 111 cm³/mol. The van der Waals surface area contributed by atoms with Crippen LogP contribution in [0.2, 0.25) is 0 Å². The molecule has 2 aromatic rings. The average Bonchev–Trinajstić information content (AvgIpc) is 2.99. The minimum absolute atomic E-state index is 0.106. The van der Waals surface area contributed by atoms with Gasteiger partial charge >= 0.3 is 0 Å². The number of carbonyl (C=O) groups excluding carboxylic acids is 2. The summed E-state index contributed by atoms with van der Waals surface area (Å²) in [6.45, 7) is 2.69. The molecule has 7 nitrogen and oxygen atoms in total. The van der Waals surface area contributed by atoms with Crippen molar-refractivity contribution in [3.05, 3.63) is 59.2 Å². The van der Waals surface area contributed by atoms with E-state index in [-0.39, 0.29) is 10.5 Å². The topological polar surface area (TPSA) is 110 Å². The molecule has 0 radical (unpaired) electrons. The number of hydrogen-bond acceptors (Lipinski definition) is 4. The lowest BCUT2D eigenvalue weighted by Crippen LogP contribution is -2.32. The standard InChI is InChI=1S/C21H25N3O4S/c1-15-18(20(22)25)10-7-11-19(15)23-21(26)16-8-6-9-17(14-16)29(27,28)24-12-4-2-3-5-13-24/h6-11,14H,2-5,12-13H2,1H3,(H2,22,25)(H,23,26). The Morgan fingerprint density at radius 1 is 1.00 bits per heavy atom. The third-order valence-corrected chi connectivity index (χ3v) is 7.04. The molecule has 0 spiro atoms. The zero-order chi connectivity index (χ0) is 21.0.